The predicted octanol–water partition coefficient (Wildman–Crippen LogP) is 2.02. The van der Waals surface area contributed by atoms with Crippen molar-refractivity contribution >= 4 is 16.7 Å². The van der Waals surface area contributed by atoms with E-state index in [4.69, 9.17) is 10.5 Å². The molecule has 0 bridgehead atoms. The van der Waals surface area contributed by atoms with Gasteiger partial charge in [0.15, 0.2) is 6.10 Å². The summed E-state index contributed by atoms with van der Waals surface area (Å²) in [7, 11) is 0. The maximum Gasteiger partial charge on any atom is 0.258 e. The first-order valence-electron chi connectivity index (χ1n) is 5.72. The van der Waals surface area contributed by atoms with Gasteiger partial charge in [0, 0.05) is 5.39 Å². The van der Waals surface area contributed by atoms with Gasteiger partial charge in [-0.15, -0.1) is 0 Å². The summed E-state index contributed by atoms with van der Waals surface area (Å²) in [6.07, 6.45) is 1.02. The minimum Gasteiger partial charge on any atom is -0.480 e. The number of primary amides is 1. The molecule has 1 amide bonds. The molecule has 0 fully saturated rings. The number of amides is 1. The van der Waals surface area contributed by atoms with Crippen LogP contribution in [0.4, 0.5) is 0 Å². The molecule has 1 aliphatic heterocycles. The van der Waals surface area contributed by atoms with E-state index >= 15 is 0 Å². The van der Waals surface area contributed by atoms with Gasteiger partial charge < -0.3 is 10.5 Å². The minimum absolute atomic E-state index is 0.386. The number of fused-ring (bicyclic) bond motifs is 3. The van der Waals surface area contributed by atoms with Crippen LogP contribution in [0.2, 0.25) is 0 Å². The van der Waals surface area contributed by atoms with Crippen LogP contribution < -0.4 is 10.5 Å². The van der Waals surface area contributed by atoms with Crippen LogP contribution in [0.3, 0.4) is 0 Å². The van der Waals surface area contributed by atoms with Crippen molar-refractivity contribution in [2.45, 2.75) is 18.9 Å². The number of carbonyl (C=O) groups is 1. The zero-order valence-electron chi connectivity index (χ0n) is 9.35. The number of rotatable bonds is 1. The molecule has 1 aliphatic rings. The zero-order valence-corrected chi connectivity index (χ0v) is 9.35. The Balaban J connectivity index is 2.15. The Labute approximate surface area is 99.2 Å². The lowest BCUT2D eigenvalue weighted by molar-refractivity contribution is -0.125. The number of carbonyl (C=O) groups excluding carboxylic acids is 1. The molecule has 1 heterocycles. The number of hydrogen-bond donors (Lipinski definition) is 1. The van der Waals surface area contributed by atoms with E-state index in [1.54, 1.807) is 0 Å². The third kappa shape index (κ3) is 1.64. The van der Waals surface area contributed by atoms with E-state index in [-0.39, 0.29) is 5.91 Å². The Kier molecular flexibility index (Phi) is 2.25. The van der Waals surface area contributed by atoms with Crippen molar-refractivity contribution in [1.29, 1.82) is 0 Å². The molecule has 3 nitrogen and oxygen atoms in total. The highest BCUT2D eigenvalue weighted by Crippen LogP contribution is 2.34. The Bertz CT molecular complexity index is 592. The monoisotopic (exact) mass is 227 g/mol. The van der Waals surface area contributed by atoms with Crippen molar-refractivity contribution < 1.29 is 9.53 Å². The summed E-state index contributed by atoms with van der Waals surface area (Å²) in [5.41, 5.74) is 6.46. The standard InChI is InChI=1S/C14H13NO2/c15-14(16)12-8-7-10-6-5-9-3-1-2-4-11(9)13(10)17-12/h1-6,12H,7-8H2,(H2,15,16). The van der Waals surface area contributed by atoms with Crippen molar-refractivity contribution in [3.05, 3.63) is 42.0 Å². The SMILES string of the molecule is NC(=O)C1CCc2ccc3ccccc3c2O1. The van der Waals surface area contributed by atoms with Crippen molar-refractivity contribution in [1.82, 2.24) is 0 Å². The molecule has 0 radical (unpaired) electrons. The first kappa shape index (κ1) is 10.1. The summed E-state index contributed by atoms with van der Waals surface area (Å²) in [4.78, 5) is 11.2. The normalized spacial score (nSPS) is 18.5. The number of aryl methyl sites for hydroxylation is 1. The maximum atomic E-state index is 11.2. The fourth-order valence-electron chi connectivity index (χ4n) is 2.31. The number of ether oxygens (including phenoxy) is 1. The van der Waals surface area contributed by atoms with Crippen LogP contribution in [0.5, 0.6) is 5.75 Å². The Morgan fingerprint density at radius 2 is 2.06 bits per heavy atom. The maximum absolute atomic E-state index is 11.2. The summed E-state index contributed by atoms with van der Waals surface area (Å²) in [5, 5.41) is 2.17. The lowest BCUT2D eigenvalue weighted by Gasteiger charge is -2.25. The highest BCUT2D eigenvalue weighted by Gasteiger charge is 2.25. The summed E-state index contributed by atoms with van der Waals surface area (Å²) in [6.45, 7) is 0. The summed E-state index contributed by atoms with van der Waals surface area (Å²) in [6, 6.07) is 12.2. The third-order valence-electron chi connectivity index (χ3n) is 3.21. The van der Waals surface area contributed by atoms with Crippen LogP contribution in [0.15, 0.2) is 36.4 Å². The van der Waals surface area contributed by atoms with Gasteiger partial charge in [-0.3, -0.25) is 4.79 Å². The highest BCUT2D eigenvalue weighted by atomic mass is 16.5. The summed E-state index contributed by atoms with van der Waals surface area (Å²) >= 11 is 0. The molecule has 0 saturated carbocycles. The van der Waals surface area contributed by atoms with Gasteiger partial charge in [0.1, 0.15) is 5.75 Å². The van der Waals surface area contributed by atoms with E-state index in [1.807, 2.05) is 24.3 Å². The second kappa shape index (κ2) is 3.77. The van der Waals surface area contributed by atoms with Gasteiger partial charge in [-0.1, -0.05) is 36.4 Å². The van der Waals surface area contributed by atoms with E-state index in [9.17, 15) is 4.79 Å². The minimum atomic E-state index is -0.492. The van der Waals surface area contributed by atoms with E-state index in [0.29, 0.717) is 6.42 Å². The molecule has 2 aromatic carbocycles. The molecule has 2 aromatic rings. The predicted molar refractivity (Wildman–Crippen MR) is 65.9 cm³/mol. The lowest BCUT2D eigenvalue weighted by atomic mass is 9.97. The Hall–Kier alpha value is -2.03. The summed E-state index contributed by atoms with van der Waals surface area (Å²) in [5.74, 6) is 0.432. The molecule has 0 aliphatic carbocycles. The lowest BCUT2D eigenvalue weighted by Crippen LogP contribution is -2.36. The van der Waals surface area contributed by atoms with Crippen molar-refractivity contribution in [2.24, 2.45) is 5.73 Å². The van der Waals surface area contributed by atoms with Gasteiger partial charge >= 0.3 is 0 Å². The van der Waals surface area contributed by atoms with E-state index in [2.05, 4.69) is 12.1 Å². The van der Waals surface area contributed by atoms with Gasteiger partial charge in [0.2, 0.25) is 0 Å². The van der Waals surface area contributed by atoms with Gasteiger partial charge in [0.25, 0.3) is 5.91 Å². The topological polar surface area (TPSA) is 52.3 Å². The van der Waals surface area contributed by atoms with Gasteiger partial charge in [-0.2, -0.15) is 0 Å². The smallest absolute Gasteiger partial charge is 0.258 e. The Morgan fingerprint density at radius 3 is 2.88 bits per heavy atom. The molecule has 86 valence electrons. The average molecular weight is 227 g/mol. The molecule has 3 heteroatoms. The van der Waals surface area contributed by atoms with E-state index in [1.165, 1.54) is 0 Å². The number of nitrogens with two attached hydrogens (primary N) is 1. The fourth-order valence-corrected chi connectivity index (χ4v) is 2.31. The van der Waals surface area contributed by atoms with Crippen LogP contribution in [0, 0.1) is 0 Å². The summed E-state index contributed by atoms with van der Waals surface area (Å²) < 4.78 is 5.73. The van der Waals surface area contributed by atoms with E-state index in [0.717, 1.165) is 28.5 Å². The van der Waals surface area contributed by atoms with Gasteiger partial charge in [-0.25, -0.2) is 0 Å². The zero-order chi connectivity index (χ0) is 11.8. The molecule has 0 aromatic heterocycles. The van der Waals surface area contributed by atoms with Crippen molar-refractivity contribution in [3.8, 4) is 5.75 Å². The van der Waals surface area contributed by atoms with Crippen LogP contribution >= 0.6 is 0 Å². The molecule has 2 N–H and O–H groups in total. The van der Waals surface area contributed by atoms with Crippen LogP contribution in [0.1, 0.15) is 12.0 Å². The third-order valence-corrected chi connectivity index (χ3v) is 3.21. The Morgan fingerprint density at radius 1 is 1.24 bits per heavy atom. The first-order valence-corrected chi connectivity index (χ1v) is 5.72. The van der Waals surface area contributed by atoms with Crippen molar-refractivity contribution in [2.75, 3.05) is 0 Å². The molecule has 17 heavy (non-hydrogen) atoms. The molecule has 3 rings (SSSR count). The highest BCUT2D eigenvalue weighted by molar-refractivity contribution is 5.90. The second-order valence-electron chi connectivity index (χ2n) is 4.32. The average Bonchev–Trinajstić information content (AvgIpc) is 2.38. The fraction of sp³-hybridized carbons (Fsp3) is 0.214. The van der Waals surface area contributed by atoms with E-state index < -0.39 is 6.10 Å². The molecule has 1 unspecified atom stereocenters. The molecule has 1 atom stereocenters. The van der Waals surface area contributed by atoms with Crippen LogP contribution in [-0.4, -0.2) is 12.0 Å². The first-order chi connectivity index (χ1) is 8.25. The van der Waals surface area contributed by atoms with Gasteiger partial charge in [-0.05, 0) is 23.8 Å². The molecule has 0 saturated heterocycles. The molecular weight excluding hydrogens is 214 g/mol. The van der Waals surface area contributed by atoms with Crippen LogP contribution in [-0.2, 0) is 11.2 Å². The molecular formula is C14H13NO2. The second-order valence-corrected chi connectivity index (χ2v) is 4.32. The van der Waals surface area contributed by atoms with Gasteiger partial charge in [0.05, 0.1) is 0 Å². The quantitative estimate of drug-likeness (QED) is 0.810. The largest absolute Gasteiger partial charge is 0.480 e. The number of hydrogen-bond acceptors (Lipinski definition) is 2. The molecule has 0 spiro atoms. The van der Waals surface area contributed by atoms with Crippen LogP contribution in [0.25, 0.3) is 10.8 Å². The van der Waals surface area contributed by atoms with Crippen molar-refractivity contribution in [3.63, 3.8) is 0 Å². The number of benzene rings is 2.